The van der Waals surface area contributed by atoms with Gasteiger partial charge in [0.25, 0.3) is 0 Å². The highest BCUT2D eigenvalue weighted by atomic mass is 32.1. The maximum absolute atomic E-state index is 10.6. The van der Waals surface area contributed by atoms with Crippen LogP contribution in [0.15, 0.2) is 17.5 Å². The van der Waals surface area contributed by atoms with Crippen LogP contribution in [0.2, 0.25) is 0 Å². The van der Waals surface area contributed by atoms with E-state index in [1.54, 1.807) is 11.4 Å². The van der Waals surface area contributed by atoms with Gasteiger partial charge in [0.05, 0.1) is 5.56 Å². The molecule has 0 saturated heterocycles. The van der Waals surface area contributed by atoms with E-state index in [-0.39, 0.29) is 0 Å². The fourth-order valence-electron chi connectivity index (χ4n) is 0.723. The van der Waals surface area contributed by atoms with Crippen molar-refractivity contribution < 1.29 is 14.7 Å². The van der Waals surface area contributed by atoms with Gasteiger partial charge in [-0.1, -0.05) is 0 Å². The zero-order chi connectivity index (χ0) is 9.84. The quantitative estimate of drug-likeness (QED) is 0.708. The van der Waals surface area contributed by atoms with E-state index < -0.39 is 11.9 Å². The molecule has 1 heterocycles. The lowest BCUT2D eigenvalue weighted by Gasteiger charge is -1.83. The molecule has 0 aliphatic carbocycles. The summed E-state index contributed by atoms with van der Waals surface area (Å²) in [6.07, 6.45) is 2.43. The number of hydrogen-bond donors (Lipinski definition) is 2. The average Bonchev–Trinajstić information content (AvgIpc) is 2.48. The highest BCUT2D eigenvalue weighted by Gasteiger charge is 2.02. The van der Waals surface area contributed by atoms with Crippen molar-refractivity contribution in [3.8, 4) is 0 Å². The number of nitrogens with two attached hydrogens (primary N) is 1. The highest BCUT2D eigenvalue weighted by molar-refractivity contribution is 7.11. The number of carboxylic acid groups (broad SMARTS) is 1. The number of primary amides is 1. The molecule has 0 spiro atoms. The Kier molecular flexibility index (Phi) is 2.81. The maximum atomic E-state index is 10.6. The van der Waals surface area contributed by atoms with Crippen molar-refractivity contribution in [1.82, 2.24) is 0 Å². The van der Waals surface area contributed by atoms with Crippen LogP contribution in [-0.2, 0) is 4.79 Å². The van der Waals surface area contributed by atoms with Gasteiger partial charge in [0.1, 0.15) is 0 Å². The molecule has 0 fully saturated rings. The third kappa shape index (κ3) is 2.72. The molecule has 4 nitrogen and oxygen atoms in total. The maximum Gasteiger partial charge on any atom is 0.328 e. The first-order chi connectivity index (χ1) is 6.09. The molecule has 0 aliphatic heterocycles. The van der Waals surface area contributed by atoms with Crippen molar-refractivity contribution in [2.24, 2.45) is 5.73 Å². The summed E-state index contributed by atoms with van der Waals surface area (Å²) in [6, 6.07) is 1.55. The first-order valence-electron chi connectivity index (χ1n) is 3.39. The molecule has 0 aromatic carbocycles. The Hall–Kier alpha value is -1.62. The normalized spacial score (nSPS) is 10.5. The van der Waals surface area contributed by atoms with Gasteiger partial charge in [-0.2, -0.15) is 0 Å². The Morgan fingerprint density at radius 3 is 2.69 bits per heavy atom. The van der Waals surface area contributed by atoms with Crippen LogP contribution in [0.25, 0.3) is 6.08 Å². The Morgan fingerprint density at radius 1 is 1.54 bits per heavy atom. The predicted octanol–water partition coefficient (Wildman–Crippen LogP) is 0.945. The summed E-state index contributed by atoms with van der Waals surface area (Å²) in [4.78, 5) is 21.5. The van der Waals surface area contributed by atoms with E-state index in [1.165, 1.54) is 17.4 Å². The lowest BCUT2D eigenvalue weighted by Crippen LogP contribution is -2.08. The van der Waals surface area contributed by atoms with Gasteiger partial charge >= 0.3 is 5.97 Å². The molecule has 3 N–H and O–H groups in total. The number of rotatable bonds is 3. The second kappa shape index (κ2) is 3.86. The van der Waals surface area contributed by atoms with Gasteiger partial charge in [0.2, 0.25) is 5.91 Å². The monoisotopic (exact) mass is 197 g/mol. The van der Waals surface area contributed by atoms with E-state index in [1.807, 2.05) is 0 Å². The molecule has 13 heavy (non-hydrogen) atoms. The molecular weight excluding hydrogens is 190 g/mol. The molecule has 5 heteroatoms. The fourth-order valence-corrected chi connectivity index (χ4v) is 1.51. The van der Waals surface area contributed by atoms with Crippen molar-refractivity contribution in [3.05, 3.63) is 28.0 Å². The highest BCUT2D eigenvalue weighted by Crippen LogP contribution is 2.15. The molecule has 1 amide bonds. The molecule has 1 aromatic heterocycles. The van der Waals surface area contributed by atoms with Crippen LogP contribution in [0, 0.1) is 0 Å². The van der Waals surface area contributed by atoms with Crippen LogP contribution in [0.1, 0.15) is 15.2 Å². The Labute approximate surface area is 78.3 Å². The van der Waals surface area contributed by atoms with E-state index in [0.29, 0.717) is 10.4 Å². The summed E-state index contributed by atoms with van der Waals surface area (Å²) in [5.74, 6) is -1.53. The smallest absolute Gasteiger partial charge is 0.328 e. The van der Waals surface area contributed by atoms with Crippen LogP contribution in [-0.4, -0.2) is 17.0 Å². The van der Waals surface area contributed by atoms with Crippen molar-refractivity contribution in [1.29, 1.82) is 0 Å². The van der Waals surface area contributed by atoms with Crippen molar-refractivity contribution in [2.75, 3.05) is 0 Å². The van der Waals surface area contributed by atoms with Crippen LogP contribution in [0.4, 0.5) is 0 Å². The third-order valence-electron chi connectivity index (χ3n) is 1.29. The Balaban J connectivity index is 2.80. The number of carboxylic acids is 1. The van der Waals surface area contributed by atoms with Gasteiger partial charge in [-0.3, -0.25) is 4.79 Å². The molecular formula is C8H7NO3S. The lowest BCUT2D eigenvalue weighted by atomic mass is 10.3. The van der Waals surface area contributed by atoms with Gasteiger partial charge < -0.3 is 10.8 Å². The van der Waals surface area contributed by atoms with Gasteiger partial charge in [0.15, 0.2) is 0 Å². The molecule has 0 unspecified atom stereocenters. The molecule has 0 atom stereocenters. The summed E-state index contributed by atoms with van der Waals surface area (Å²) in [5, 5.41) is 9.90. The molecule has 1 aromatic rings. The van der Waals surface area contributed by atoms with Crippen LogP contribution >= 0.6 is 11.3 Å². The minimum atomic E-state index is -1.02. The standard InChI is InChI=1S/C8H7NO3S/c9-8(12)5-3-6(13-4-5)1-2-7(10)11/h1-4H,(H2,9,12)(H,10,11). The first kappa shape index (κ1) is 9.47. The number of hydrogen-bond acceptors (Lipinski definition) is 3. The van der Waals surface area contributed by atoms with E-state index >= 15 is 0 Å². The van der Waals surface area contributed by atoms with Gasteiger partial charge in [-0.15, -0.1) is 11.3 Å². The molecule has 68 valence electrons. The lowest BCUT2D eigenvalue weighted by molar-refractivity contribution is -0.131. The largest absolute Gasteiger partial charge is 0.478 e. The van der Waals surface area contributed by atoms with E-state index in [0.717, 1.165) is 6.08 Å². The number of carbonyl (C=O) groups excluding carboxylic acids is 1. The van der Waals surface area contributed by atoms with E-state index in [4.69, 9.17) is 10.8 Å². The minimum absolute atomic E-state index is 0.398. The Bertz CT molecular complexity index is 367. The van der Waals surface area contributed by atoms with Gasteiger partial charge in [0, 0.05) is 16.3 Å². The number of carbonyl (C=O) groups is 2. The summed E-state index contributed by atoms with van der Waals surface area (Å²) in [7, 11) is 0. The summed E-state index contributed by atoms with van der Waals surface area (Å²) in [6.45, 7) is 0. The number of amides is 1. The van der Waals surface area contributed by atoms with Gasteiger partial charge in [-0.05, 0) is 12.1 Å². The fraction of sp³-hybridized carbons (Fsp3) is 0. The predicted molar refractivity (Wildman–Crippen MR) is 49.5 cm³/mol. The first-order valence-corrected chi connectivity index (χ1v) is 4.27. The van der Waals surface area contributed by atoms with Crippen molar-refractivity contribution >= 4 is 29.3 Å². The number of thiophene rings is 1. The van der Waals surface area contributed by atoms with Gasteiger partial charge in [-0.25, -0.2) is 4.79 Å². The zero-order valence-corrected chi connectivity index (χ0v) is 7.38. The zero-order valence-electron chi connectivity index (χ0n) is 6.56. The van der Waals surface area contributed by atoms with E-state index in [2.05, 4.69) is 0 Å². The van der Waals surface area contributed by atoms with Crippen molar-refractivity contribution in [3.63, 3.8) is 0 Å². The molecule has 0 bridgehead atoms. The van der Waals surface area contributed by atoms with Crippen LogP contribution in [0.3, 0.4) is 0 Å². The molecule has 1 rings (SSSR count). The molecule has 0 radical (unpaired) electrons. The molecule has 0 aliphatic rings. The van der Waals surface area contributed by atoms with Crippen LogP contribution in [0.5, 0.6) is 0 Å². The van der Waals surface area contributed by atoms with Crippen molar-refractivity contribution in [2.45, 2.75) is 0 Å². The van der Waals surface area contributed by atoms with Crippen LogP contribution < -0.4 is 5.73 Å². The Morgan fingerprint density at radius 2 is 2.23 bits per heavy atom. The summed E-state index contributed by atoms with van der Waals surface area (Å²) < 4.78 is 0. The second-order valence-electron chi connectivity index (χ2n) is 2.27. The molecule has 0 saturated carbocycles. The SMILES string of the molecule is NC(=O)c1csc(C=CC(=O)O)c1. The van der Waals surface area contributed by atoms with E-state index in [9.17, 15) is 9.59 Å². The third-order valence-corrected chi connectivity index (χ3v) is 2.19. The minimum Gasteiger partial charge on any atom is -0.478 e. The summed E-state index contributed by atoms with van der Waals surface area (Å²) in [5.41, 5.74) is 5.41. The number of aliphatic carboxylic acids is 1. The average molecular weight is 197 g/mol. The topological polar surface area (TPSA) is 80.4 Å². The second-order valence-corrected chi connectivity index (χ2v) is 3.22. The summed E-state index contributed by atoms with van der Waals surface area (Å²) >= 11 is 1.27.